The largest absolute Gasteiger partial charge is 0.466 e. The van der Waals surface area contributed by atoms with Crippen LogP contribution < -0.4 is 5.73 Å². The number of rotatable bonds is 4. The Kier molecular flexibility index (Phi) is 4.65. The summed E-state index contributed by atoms with van der Waals surface area (Å²) in [5.74, 6) is -0.275. The number of carbonyl (C=O) groups is 1. The maximum Gasteiger partial charge on any atom is 0.307 e. The Morgan fingerprint density at radius 3 is 3.07 bits per heavy atom. The monoisotopic (exact) mass is 225 g/mol. The first-order valence-corrected chi connectivity index (χ1v) is 5.37. The van der Waals surface area contributed by atoms with Crippen molar-refractivity contribution in [1.29, 1.82) is 0 Å². The van der Waals surface area contributed by atoms with Crippen molar-refractivity contribution >= 4 is 23.1 Å². The highest BCUT2D eigenvalue weighted by atomic mass is 32.1. The van der Waals surface area contributed by atoms with Gasteiger partial charge in [0, 0.05) is 17.3 Å². The first-order valence-electron chi connectivity index (χ1n) is 4.96. The van der Waals surface area contributed by atoms with E-state index in [0.29, 0.717) is 6.61 Å². The maximum absolute atomic E-state index is 11.2. The Morgan fingerprint density at radius 1 is 1.73 bits per heavy atom. The van der Waals surface area contributed by atoms with Crippen LogP contribution in [0.5, 0.6) is 0 Å². The zero-order chi connectivity index (χ0) is 11.3. The van der Waals surface area contributed by atoms with Crippen molar-refractivity contribution in [2.45, 2.75) is 25.8 Å². The van der Waals surface area contributed by atoms with Crippen molar-refractivity contribution in [2.24, 2.45) is 5.73 Å². The first kappa shape index (κ1) is 12.1. The fraction of sp³-hybridized carbons (Fsp3) is 0.455. The third-order valence-corrected chi connectivity index (χ3v) is 2.53. The van der Waals surface area contributed by atoms with Crippen LogP contribution in [0.4, 0.5) is 0 Å². The van der Waals surface area contributed by atoms with Gasteiger partial charge in [0.1, 0.15) is 0 Å². The number of thiocarbonyl (C=S) groups is 1. The molecule has 0 amide bonds. The average molecular weight is 225 g/mol. The zero-order valence-corrected chi connectivity index (χ0v) is 9.55. The van der Waals surface area contributed by atoms with Crippen molar-refractivity contribution in [2.75, 3.05) is 6.61 Å². The van der Waals surface area contributed by atoms with Crippen LogP contribution >= 0.6 is 12.2 Å². The third kappa shape index (κ3) is 3.57. The fourth-order valence-corrected chi connectivity index (χ4v) is 1.71. The van der Waals surface area contributed by atoms with E-state index >= 15 is 0 Å². The lowest BCUT2D eigenvalue weighted by molar-refractivity contribution is -0.143. The minimum absolute atomic E-state index is 0.188. The van der Waals surface area contributed by atoms with E-state index in [1.54, 1.807) is 6.92 Å². The summed E-state index contributed by atoms with van der Waals surface area (Å²) >= 11 is 5.17. The lowest BCUT2D eigenvalue weighted by atomic mass is 9.96. The highest BCUT2D eigenvalue weighted by molar-refractivity contribution is 7.80. The van der Waals surface area contributed by atoms with Crippen LogP contribution in [0.3, 0.4) is 0 Å². The summed E-state index contributed by atoms with van der Waals surface area (Å²) in [6, 6.07) is -0.346. The second-order valence-corrected chi connectivity index (χ2v) is 3.79. The van der Waals surface area contributed by atoms with Gasteiger partial charge in [-0.1, -0.05) is 30.4 Å². The molecular formula is C11H15NO2S. The summed E-state index contributed by atoms with van der Waals surface area (Å²) in [6.45, 7) is 2.16. The summed E-state index contributed by atoms with van der Waals surface area (Å²) < 4.78 is 4.83. The standard InChI is InChI=1S/C11H15NO2S/c1-2-14-11(13)7-9(12)8-5-3-4-6-10(8)15/h3-5,9H,2,6-7,12H2,1H3. The van der Waals surface area contributed by atoms with Crippen molar-refractivity contribution in [3.05, 3.63) is 23.8 Å². The second-order valence-electron chi connectivity index (χ2n) is 3.29. The molecule has 4 heteroatoms. The molecule has 2 N–H and O–H groups in total. The molecule has 0 saturated heterocycles. The van der Waals surface area contributed by atoms with Crippen molar-refractivity contribution < 1.29 is 9.53 Å². The van der Waals surface area contributed by atoms with E-state index in [2.05, 4.69) is 0 Å². The summed E-state index contributed by atoms with van der Waals surface area (Å²) in [5.41, 5.74) is 6.76. The van der Waals surface area contributed by atoms with Gasteiger partial charge in [0.05, 0.1) is 13.0 Å². The molecule has 1 rings (SSSR count). The summed E-state index contributed by atoms with van der Waals surface area (Å²) in [5, 5.41) is 0. The number of nitrogens with two attached hydrogens (primary N) is 1. The van der Waals surface area contributed by atoms with Gasteiger partial charge in [-0.3, -0.25) is 4.79 Å². The van der Waals surface area contributed by atoms with Gasteiger partial charge < -0.3 is 10.5 Å². The topological polar surface area (TPSA) is 52.3 Å². The van der Waals surface area contributed by atoms with E-state index in [1.807, 2.05) is 18.2 Å². The Bertz CT molecular complexity index is 321. The lowest BCUT2D eigenvalue weighted by Crippen LogP contribution is -2.30. The quantitative estimate of drug-likeness (QED) is 0.582. The highest BCUT2D eigenvalue weighted by Crippen LogP contribution is 2.15. The molecule has 0 heterocycles. The number of carbonyl (C=O) groups excluding carboxylic acids is 1. The summed E-state index contributed by atoms with van der Waals surface area (Å²) in [6.07, 6.45) is 6.68. The number of hydrogen-bond donors (Lipinski definition) is 1. The molecular weight excluding hydrogens is 210 g/mol. The fourth-order valence-electron chi connectivity index (χ4n) is 1.40. The number of hydrogen-bond acceptors (Lipinski definition) is 4. The van der Waals surface area contributed by atoms with Crippen LogP contribution in [0.15, 0.2) is 23.8 Å². The van der Waals surface area contributed by atoms with E-state index in [4.69, 9.17) is 22.7 Å². The molecule has 0 bridgehead atoms. The van der Waals surface area contributed by atoms with Crippen LogP contribution in [0.25, 0.3) is 0 Å². The summed E-state index contributed by atoms with van der Waals surface area (Å²) in [7, 11) is 0. The molecule has 0 spiro atoms. The number of esters is 1. The number of ether oxygens (including phenoxy) is 1. The Hall–Kier alpha value is -1.00. The van der Waals surface area contributed by atoms with E-state index in [-0.39, 0.29) is 18.4 Å². The molecule has 1 aliphatic rings. The van der Waals surface area contributed by atoms with Crippen LogP contribution in [0, 0.1) is 0 Å². The van der Waals surface area contributed by atoms with E-state index in [1.165, 1.54) is 0 Å². The normalized spacial score (nSPS) is 17.2. The molecule has 0 radical (unpaired) electrons. The van der Waals surface area contributed by atoms with Crippen molar-refractivity contribution in [1.82, 2.24) is 0 Å². The van der Waals surface area contributed by atoms with Crippen LogP contribution in [-0.4, -0.2) is 23.5 Å². The molecule has 1 atom stereocenters. The van der Waals surface area contributed by atoms with Crippen molar-refractivity contribution in [3.63, 3.8) is 0 Å². The van der Waals surface area contributed by atoms with Gasteiger partial charge >= 0.3 is 5.97 Å². The molecule has 82 valence electrons. The molecule has 15 heavy (non-hydrogen) atoms. The Balaban J connectivity index is 2.56. The molecule has 0 aromatic rings. The average Bonchev–Trinajstić information content (AvgIpc) is 2.18. The molecule has 0 aromatic heterocycles. The predicted octanol–water partition coefficient (Wildman–Crippen LogP) is 1.52. The van der Waals surface area contributed by atoms with Gasteiger partial charge in [0.2, 0.25) is 0 Å². The maximum atomic E-state index is 11.2. The number of allylic oxidation sites excluding steroid dienone is 3. The molecule has 0 aliphatic heterocycles. The van der Waals surface area contributed by atoms with Crippen LogP contribution in [0.1, 0.15) is 19.8 Å². The molecule has 3 nitrogen and oxygen atoms in total. The van der Waals surface area contributed by atoms with Gasteiger partial charge in [-0.05, 0) is 12.5 Å². The van der Waals surface area contributed by atoms with Gasteiger partial charge in [0.25, 0.3) is 0 Å². The minimum Gasteiger partial charge on any atom is -0.466 e. The van der Waals surface area contributed by atoms with Crippen LogP contribution in [0.2, 0.25) is 0 Å². The van der Waals surface area contributed by atoms with E-state index in [0.717, 1.165) is 16.9 Å². The van der Waals surface area contributed by atoms with Crippen LogP contribution in [-0.2, 0) is 9.53 Å². The Morgan fingerprint density at radius 2 is 2.47 bits per heavy atom. The van der Waals surface area contributed by atoms with Crippen molar-refractivity contribution in [3.8, 4) is 0 Å². The predicted molar refractivity (Wildman–Crippen MR) is 63.7 cm³/mol. The SMILES string of the molecule is CCOC(=O)CC(N)C1=CC=CCC1=S. The smallest absolute Gasteiger partial charge is 0.307 e. The zero-order valence-electron chi connectivity index (χ0n) is 8.73. The molecule has 1 unspecified atom stereocenters. The van der Waals surface area contributed by atoms with E-state index < -0.39 is 0 Å². The lowest BCUT2D eigenvalue weighted by Gasteiger charge is -2.17. The first-order chi connectivity index (χ1) is 7.15. The van der Waals surface area contributed by atoms with Gasteiger partial charge in [-0.15, -0.1) is 0 Å². The van der Waals surface area contributed by atoms with Gasteiger partial charge in [-0.25, -0.2) is 0 Å². The molecule has 0 aromatic carbocycles. The van der Waals surface area contributed by atoms with Gasteiger partial charge in [0.15, 0.2) is 0 Å². The second kappa shape index (κ2) is 5.78. The minimum atomic E-state index is -0.346. The molecule has 1 aliphatic carbocycles. The van der Waals surface area contributed by atoms with Gasteiger partial charge in [-0.2, -0.15) is 0 Å². The molecule has 0 fully saturated rings. The van der Waals surface area contributed by atoms with E-state index in [9.17, 15) is 4.79 Å². The Labute approximate surface area is 95.0 Å². The summed E-state index contributed by atoms with van der Waals surface area (Å²) in [4.78, 5) is 12.0. The highest BCUT2D eigenvalue weighted by Gasteiger charge is 2.18. The third-order valence-electron chi connectivity index (χ3n) is 2.13. The molecule has 0 saturated carbocycles.